The van der Waals surface area contributed by atoms with Crippen molar-refractivity contribution in [2.75, 3.05) is 19.0 Å². The first-order valence-electron chi connectivity index (χ1n) is 9.78. The molecule has 0 unspecified atom stereocenters. The van der Waals surface area contributed by atoms with Crippen molar-refractivity contribution >= 4 is 23.1 Å². The molecule has 2 aromatic heterocycles. The van der Waals surface area contributed by atoms with E-state index < -0.39 is 0 Å². The topological polar surface area (TPSA) is 78.3 Å². The SMILES string of the molecule is CCOc1ccc(-c2csc(-n3nc(C)cc3NC(=O)c3cccc(OC)c3)n2)cc1. The van der Waals surface area contributed by atoms with Gasteiger partial charge in [-0.3, -0.25) is 4.79 Å². The molecule has 0 aliphatic carbocycles. The van der Waals surface area contributed by atoms with Crippen molar-refractivity contribution in [3.63, 3.8) is 0 Å². The van der Waals surface area contributed by atoms with E-state index in [0.29, 0.717) is 28.9 Å². The van der Waals surface area contributed by atoms with Gasteiger partial charge in [0, 0.05) is 22.6 Å². The molecule has 0 aliphatic rings. The van der Waals surface area contributed by atoms with E-state index in [9.17, 15) is 4.79 Å². The lowest BCUT2D eigenvalue weighted by Crippen LogP contribution is -2.15. The number of rotatable bonds is 7. The van der Waals surface area contributed by atoms with Gasteiger partial charge in [-0.25, -0.2) is 4.98 Å². The molecule has 8 heteroatoms. The van der Waals surface area contributed by atoms with Gasteiger partial charge in [0.25, 0.3) is 5.91 Å². The molecule has 158 valence electrons. The van der Waals surface area contributed by atoms with E-state index in [1.807, 2.05) is 49.6 Å². The standard InChI is InChI=1S/C23H22N4O3S/c1-4-30-18-10-8-16(9-11-18)20-14-31-23(24-20)27-21(12-15(2)26-27)25-22(28)17-6-5-7-19(13-17)29-3/h5-14H,4H2,1-3H3,(H,25,28). The summed E-state index contributed by atoms with van der Waals surface area (Å²) >= 11 is 1.46. The molecule has 0 spiro atoms. The fourth-order valence-electron chi connectivity index (χ4n) is 3.07. The van der Waals surface area contributed by atoms with Gasteiger partial charge in [0.15, 0.2) is 0 Å². The van der Waals surface area contributed by atoms with Crippen molar-refractivity contribution < 1.29 is 14.3 Å². The Morgan fingerprint density at radius 1 is 1.13 bits per heavy atom. The van der Waals surface area contributed by atoms with Crippen LogP contribution in [0.15, 0.2) is 60.0 Å². The van der Waals surface area contributed by atoms with Crippen molar-refractivity contribution in [3.8, 4) is 27.9 Å². The van der Waals surface area contributed by atoms with Gasteiger partial charge in [0.1, 0.15) is 17.3 Å². The van der Waals surface area contributed by atoms with Crippen LogP contribution in [0.25, 0.3) is 16.4 Å². The maximum Gasteiger partial charge on any atom is 0.256 e. The number of carbonyl (C=O) groups excluding carboxylic acids is 1. The van der Waals surface area contributed by atoms with Crippen molar-refractivity contribution in [2.45, 2.75) is 13.8 Å². The number of aromatic nitrogens is 3. The first kappa shape index (κ1) is 20.6. The molecular weight excluding hydrogens is 412 g/mol. The number of nitrogens with zero attached hydrogens (tertiary/aromatic N) is 3. The minimum absolute atomic E-state index is 0.247. The van der Waals surface area contributed by atoms with Gasteiger partial charge >= 0.3 is 0 Å². The minimum atomic E-state index is -0.247. The van der Waals surface area contributed by atoms with E-state index in [0.717, 1.165) is 22.7 Å². The monoisotopic (exact) mass is 434 g/mol. The van der Waals surface area contributed by atoms with Crippen LogP contribution in [-0.4, -0.2) is 34.4 Å². The Hall–Kier alpha value is -3.65. The third kappa shape index (κ3) is 4.59. The Kier molecular flexibility index (Phi) is 5.99. The highest BCUT2D eigenvalue weighted by Crippen LogP contribution is 2.28. The van der Waals surface area contributed by atoms with Gasteiger partial charge in [0.2, 0.25) is 5.13 Å². The maximum atomic E-state index is 12.8. The lowest BCUT2D eigenvalue weighted by atomic mass is 10.2. The molecule has 1 N–H and O–H groups in total. The van der Waals surface area contributed by atoms with Crippen LogP contribution >= 0.6 is 11.3 Å². The third-order valence-corrected chi connectivity index (χ3v) is 5.36. The number of methoxy groups -OCH3 is 1. The summed E-state index contributed by atoms with van der Waals surface area (Å²) < 4.78 is 12.4. The predicted molar refractivity (Wildman–Crippen MR) is 122 cm³/mol. The van der Waals surface area contributed by atoms with E-state index in [2.05, 4.69) is 10.4 Å². The molecule has 0 fully saturated rings. The number of anilines is 1. The van der Waals surface area contributed by atoms with Crippen LogP contribution in [0, 0.1) is 6.92 Å². The summed E-state index contributed by atoms with van der Waals surface area (Å²) in [5, 5.41) is 10.1. The summed E-state index contributed by atoms with van der Waals surface area (Å²) in [5.41, 5.74) is 3.09. The van der Waals surface area contributed by atoms with Crippen LogP contribution in [0.2, 0.25) is 0 Å². The smallest absolute Gasteiger partial charge is 0.256 e. The molecule has 7 nitrogen and oxygen atoms in total. The average Bonchev–Trinajstić information content (AvgIpc) is 3.41. The van der Waals surface area contributed by atoms with Gasteiger partial charge in [-0.1, -0.05) is 6.07 Å². The maximum absolute atomic E-state index is 12.8. The number of hydrogen-bond donors (Lipinski definition) is 1. The molecule has 2 aromatic carbocycles. The lowest BCUT2D eigenvalue weighted by Gasteiger charge is -2.08. The van der Waals surface area contributed by atoms with Crippen LogP contribution in [0.3, 0.4) is 0 Å². The van der Waals surface area contributed by atoms with Gasteiger partial charge in [-0.15, -0.1) is 11.3 Å². The lowest BCUT2D eigenvalue weighted by molar-refractivity contribution is 0.102. The summed E-state index contributed by atoms with van der Waals surface area (Å²) in [6.07, 6.45) is 0. The minimum Gasteiger partial charge on any atom is -0.497 e. The molecule has 0 saturated carbocycles. The molecule has 0 bridgehead atoms. The second-order valence-electron chi connectivity index (χ2n) is 6.74. The van der Waals surface area contributed by atoms with Gasteiger partial charge < -0.3 is 14.8 Å². The summed E-state index contributed by atoms with van der Waals surface area (Å²) in [4.78, 5) is 17.5. The highest BCUT2D eigenvalue weighted by atomic mass is 32.1. The summed E-state index contributed by atoms with van der Waals surface area (Å²) in [6.45, 7) is 4.46. The van der Waals surface area contributed by atoms with E-state index in [1.54, 1.807) is 36.1 Å². The Labute approximate surface area is 184 Å². The fraction of sp³-hybridized carbons (Fsp3) is 0.174. The van der Waals surface area contributed by atoms with Crippen LogP contribution in [0.5, 0.6) is 11.5 Å². The highest BCUT2D eigenvalue weighted by molar-refractivity contribution is 7.12. The second-order valence-corrected chi connectivity index (χ2v) is 7.58. The van der Waals surface area contributed by atoms with E-state index in [4.69, 9.17) is 14.5 Å². The van der Waals surface area contributed by atoms with Crippen LogP contribution < -0.4 is 14.8 Å². The Morgan fingerprint density at radius 2 is 1.94 bits per heavy atom. The number of nitrogens with one attached hydrogen (secondary N) is 1. The zero-order valence-corrected chi connectivity index (χ0v) is 18.3. The zero-order valence-electron chi connectivity index (χ0n) is 17.5. The largest absolute Gasteiger partial charge is 0.497 e. The summed E-state index contributed by atoms with van der Waals surface area (Å²) in [5.74, 6) is 1.76. The van der Waals surface area contributed by atoms with Crippen LogP contribution in [0.4, 0.5) is 5.82 Å². The molecule has 31 heavy (non-hydrogen) atoms. The number of ether oxygens (including phenoxy) is 2. The number of carbonyl (C=O) groups is 1. The number of hydrogen-bond acceptors (Lipinski definition) is 6. The Balaban J connectivity index is 1.58. The summed E-state index contributed by atoms with van der Waals surface area (Å²) in [7, 11) is 1.57. The number of thiazole rings is 1. The summed E-state index contributed by atoms with van der Waals surface area (Å²) in [6, 6.07) is 16.6. The molecule has 0 radical (unpaired) electrons. The fourth-order valence-corrected chi connectivity index (χ4v) is 3.87. The molecule has 0 saturated heterocycles. The quantitative estimate of drug-likeness (QED) is 0.445. The van der Waals surface area contributed by atoms with Gasteiger partial charge in [-0.05, 0) is 56.3 Å². The van der Waals surface area contributed by atoms with E-state index >= 15 is 0 Å². The highest BCUT2D eigenvalue weighted by Gasteiger charge is 2.16. The molecule has 4 rings (SSSR count). The number of amides is 1. The van der Waals surface area contributed by atoms with Crippen LogP contribution in [-0.2, 0) is 0 Å². The van der Waals surface area contributed by atoms with Crippen LogP contribution in [0.1, 0.15) is 23.0 Å². The first-order valence-corrected chi connectivity index (χ1v) is 10.7. The Bertz CT molecular complexity index is 1200. The number of benzene rings is 2. The predicted octanol–water partition coefficient (Wildman–Crippen LogP) is 4.96. The van der Waals surface area contributed by atoms with E-state index in [-0.39, 0.29) is 5.91 Å². The number of aryl methyl sites for hydroxylation is 1. The second kappa shape index (κ2) is 9.01. The van der Waals surface area contributed by atoms with Crippen molar-refractivity contribution in [3.05, 3.63) is 71.2 Å². The molecule has 4 aromatic rings. The average molecular weight is 435 g/mol. The molecule has 1 amide bonds. The van der Waals surface area contributed by atoms with E-state index in [1.165, 1.54) is 11.3 Å². The molecule has 0 atom stereocenters. The normalized spacial score (nSPS) is 10.7. The zero-order chi connectivity index (χ0) is 21.8. The molecular formula is C23H22N4O3S. The van der Waals surface area contributed by atoms with Gasteiger partial charge in [0.05, 0.1) is 25.1 Å². The third-order valence-electron chi connectivity index (χ3n) is 4.54. The van der Waals surface area contributed by atoms with Gasteiger partial charge in [-0.2, -0.15) is 9.78 Å². The van der Waals surface area contributed by atoms with Crippen molar-refractivity contribution in [2.24, 2.45) is 0 Å². The van der Waals surface area contributed by atoms with Crippen molar-refractivity contribution in [1.29, 1.82) is 0 Å². The molecule has 0 aliphatic heterocycles. The van der Waals surface area contributed by atoms with Crippen molar-refractivity contribution in [1.82, 2.24) is 14.8 Å². The first-order chi connectivity index (χ1) is 15.1. The molecule has 2 heterocycles. The Morgan fingerprint density at radius 3 is 2.68 bits per heavy atom.